The van der Waals surface area contributed by atoms with Gasteiger partial charge in [-0.05, 0) is 37.6 Å². The standard InChI is InChI=1S/C18H25N3O3S/c1-12-5-6-16-15(7-12)13(2)8-18(19-16)21-9-14(17(22)10-21)11-25(23,24)20(3)4/h5-8,14,17,22H,9-11H2,1-4H3/t14-,17+/m0/s1. The van der Waals surface area contributed by atoms with Crippen LogP contribution >= 0.6 is 0 Å². The van der Waals surface area contributed by atoms with Crippen molar-refractivity contribution in [2.24, 2.45) is 5.92 Å². The number of pyridine rings is 1. The van der Waals surface area contributed by atoms with Crippen LogP contribution in [0.4, 0.5) is 5.82 Å². The van der Waals surface area contributed by atoms with Crippen molar-refractivity contribution in [2.75, 3.05) is 37.8 Å². The number of aromatic nitrogens is 1. The molecule has 0 unspecified atom stereocenters. The molecule has 0 bridgehead atoms. The first-order valence-corrected chi connectivity index (χ1v) is 9.99. The van der Waals surface area contributed by atoms with Crippen molar-refractivity contribution in [3.05, 3.63) is 35.4 Å². The van der Waals surface area contributed by atoms with Gasteiger partial charge >= 0.3 is 0 Å². The molecule has 1 aliphatic rings. The summed E-state index contributed by atoms with van der Waals surface area (Å²) in [5.41, 5.74) is 3.23. The van der Waals surface area contributed by atoms with E-state index >= 15 is 0 Å². The van der Waals surface area contributed by atoms with Gasteiger partial charge in [-0.1, -0.05) is 11.6 Å². The highest BCUT2D eigenvalue weighted by Gasteiger charge is 2.36. The number of aliphatic hydroxyl groups is 1. The number of aryl methyl sites for hydroxylation is 2. The molecular weight excluding hydrogens is 338 g/mol. The fourth-order valence-electron chi connectivity index (χ4n) is 3.28. The van der Waals surface area contributed by atoms with E-state index in [1.54, 1.807) is 0 Å². The number of benzene rings is 1. The largest absolute Gasteiger partial charge is 0.391 e. The van der Waals surface area contributed by atoms with Gasteiger partial charge in [0.25, 0.3) is 0 Å². The molecule has 7 heteroatoms. The number of hydrogen-bond acceptors (Lipinski definition) is 5. The quantitative estimate of drug-likeness (QED) is 0.892. The summed E-state index contributed by atoms with van der Waals surface area (Å²) in [6, 6.07) is 8.16. The van der Waals surface area contributed by atoms with Crippen LogP contribution in [0.5, 0.6) is 0 Å². The molecule has 0 radical (unpaired) electrons. The molecule has 2 atom stereocenters. The minimum absolute atomic E-state index is 0.0522. The molecule has 1 aromatic carbocycles. The number of aliphatic hydroxyl groups excluding tert-OH is 1. The first-order valence-electron chi connectivity index (χ1n) is 8.38. The van der Waals surface area contributed by atoms with Gasteiger partial charge in [0.05, 0.1) is 17.4 Å². The third-order valence-corrected chi connectivity index (χ3v) is 6.83. The van der Waals surface area contributed by atoms with Crippen LogP contribution in [0.2, 0.25) is 0 Å². The van der Waals surface area contributed by atoms with E-state index in [1.807, 2.05) is 30.0 Å². The zero-order valence-corrected chi connectivity index (χ0v) is 15.9. The predicted octanol–water partition coefficient (Wildman–Crippen LogP) is 1.54. The van der Waals surface area contributed by atoms with Crippen LogP contribution in [0.3, 0.4) is 0 Å². The van der Waals surface area contributed by atoms with Crippen LogP contribution in [-0.2, 0) is 10.0 Å². The second-order valence-electron chi connectivity index (χ2n) is 7.11. The fraction of sp³-hybridized carbons (Fsp3) is 0.500. The molecular formula is C18H25N3O3S. The van der Waals surface area contributed by atoms with Gasteiger partial charge in [0.15, 0.2) is 0 Å². The summed E-state index contributed by atoms with van der Waals surface area (Å²) in [7, 11) is -0.304. The number of fused-ring (bicyclic) bond motifs is 1. The Labute approximate surface area is 149 Å². The maximum Gasteiger partial charge on any atom is 0.214 e. The van der Waals surface area contributed by atoms with Gasteiger partial charge in [-0.15, -0.1) is 0 Å². The molecule has 0 aliphatic carbocycles. The van der Waals surface area contributed by atoms with Crippen molar-refractivity contribution in [1.82, 2.24) is 9.29 Å². The highest BCUT2D eigenvalue weighted by atomic mass is 32.2. The van der Waals surface area contributed by atoms with E-state index in [2.05, 4.69) is 13.0 Å². The van der Waals surface area contributed by atoms with Crippen LogP contribution in [0.1, 0.15) is 11.1 Å². The van der Waals surface area contributed by atoms with Crippen LogP contribution in [0.15, 0.2) is 24.3 Å². The molecule has 25 heavy (non-hydrogen) atoms. The zero-order valence-electron chi connectivity index (χ0n) is 15.1. The van der Waals surface area contributed by atoms with Crippen molar-refractivity contribution < 1.29 is 13.5 Å². The summed E-state index contributed by atoms with van der Waals surface area (Å²) < 4.78 is 25.4. The number of rotatable bonds is 4. The van der Waals surface area contributed by atoms with Gasteiger partial charge in [0, 0.05) is 38.5 Å². The number of nitrogens with zero attached hydrogens (tertiary/aromatic N) is 3. The second-order valence-corrected chi connectivity index (χ2v) is 9.34. The Morgan fingerprint density at radius 1 is 1.24 bits per heavy atom. The number of β-amino-alcohol motifs (C(OH)–C–C–N with tert-alkyl or cyclic N) is 1. The van der Waals surface area contributed by atoms with E-state index in [9.17, 15) is 13.5 Å². The van der Waals surface area contributed by atoms with Crippen molar-refractivity contribution in [1.29, 1.82) is 0 Å². The van der Waals surface area contributed by atoms with E-state index < -0.39 is 16.1 Å². The molecule has 6 nitrogen and oxygen atoms in total. The predicted molar refractivity (Wildman–Crippen MR) is 100 cm³/mol. The van der Waals surface area contributed by atoms with Gasteiger partial charge in [0.1, 0.15) is 5.82 Å². The lowest BCUT2D eigenvalue weighted by Gasteiger charge is -2.19. The van der Waals surface area contributed by atoms with Crippen LogP contribution in [-0.4, -0.2) is 61.9 Å². The molecule has 2 heterocycles. The van der Waals surface area contributed by atoms with E-state index in [-0.39, 0.29) is 11.7 Å². The average molecular weight is 363 g/mol. The number of sulfonamides is 1. The van der Waals surface area contributed by atoms with E-state index in [0.717, 1.165) is 22.3 Å². The highest BCUT2D eigenvalue weighted by molar-refractivity contribution is 7.89. The zero-order chi connectivity index (χ0) is 18.4. The van der Waals surface area contributed by atoms with Crippen molar-refractivity contribution in [3.63, 3.8) is 0 Å². The maximum atomic E-state index is 12.1. The van der Waals surface area contributed by atoms with Gasteiger partial charge in [-0.25, -0.2) is 17.7 Å². The molecule has 1 aliphatic heterocycles. The van der Waals surface area contributed by atoms with Crippen molar-refractivity contribution in [2.45, 2.75) is 20.0 Å². The van der Waals surface area contributed by atoms with Crippen LogP contribution in [0, 0.1) is 19.8 Å². The van der Waals surface area contributed by atoms with Crippen LogP contribution < -0.4 is 4.90 Å². The van der Waals surface area contributed by atoms with E-state index in [1.165, 1.54) is 24.0 Å². The minimum atomic E-state index is -3.34. The summed E-state index contributed by atoms with van der Waals surface area (Å²) in [4.78, 5) is 6.69. The highest BCUT2D eigenvalue weighted by Crippen LogP contribution is 2.28. The molecule has 136 valence electrons. The third kappa shape index (κ3) is 3.63. The summed E-state index contributed by atoms with van der Waals surface area (Å²) in [5.74, 6) is 0.421. The molecule has 3 rings (SSSR count). The Kier molecular flexibility index (Phi) is 4.74. The number of anilines is 1. The SMILES string of the molecule is Cc1ccc2nc(N3C[C@@H](CS(=O)(=O)N(C)C)[C@H](O)C3)cc(C)c2c1. The fourth-order valence-corrected chi connectivity index (χ4v) is 4.44. The average Bonchev–Trinajstić information content (AvgIpc) is 2.88. The Morgan fingerprint density at radius 3 is 2.64 bits per heavy atom. The molecule has 1 fully saturated rings. The van der Waals surface area contributed by atoms with Gasteiger partial charge in [-0.2, -0.15) is 0 Å². The summed E-state index contributed by atoms with van der Waals surface area (Å²) in [6.45, 7) is 4.99. The lowest BCUT2D eigenvalue weighted by Crippen LogP contribution is -2.33. The van der Waals surface area contributed by atoms with Crippen molar-refractivity contribution >= 4 is 26.7 Å². The Balaban J connectivity index is 1.86. The Hall–Kier alpha value is -1.70. The molecule has 1 N–H and O–H groups in total. The Bertz CT molecular complexity index is 896. The molecule has 1 saturated heterocycles. The van der Waals surface area contributed by atoms with Crippen molar-refractivity contribution in [3.8, 4) is 0 Å². The smallest absolute Gasteiger partial charge is 0.214 e. The maximum absolute atomic E-state index is 12.1. The lowest BCUT2D eigenvalue weighted by molar-refractivity contribution is 0.157. The van der Waals surface area contributed by atoms with E-state index in [4.69, 9.17) is 4.98 Å². The van der Waals surface area contributed by atoms with Gasteiger partial charge in [-0.3, -0.25) is 0 Å². The molecule has 0 amide bonds. The summed E-state index contributed by atoms with van der Waals surface area (Å²) in [6.07, 6.45) is -0.675. The monoisotopic (exact) mass is 363 g/mol. The first kappa shape index (κ1) is 18.1. The Morgan fingerprint density at radius 2 is 1.96 bits per heavy atom. The lowest BCUT2D eigenvalue weighted by atomic mass is 10.1. The minimum Gasteiger partial charge on any atom is -0.391 e. The molecule has 0 spiro atoms. The number of hydrogen-bond donors (Lipinski definition) is 1. The topological polar surface area (TPSA) is 73.7 Å². The molecule has 2 aromatic rings. The molecule has 1 aromatic heterocycles. The molecule has 0 saturated carbocycles. The van der Waals surface area contributed by atoms with Gasteiger partial charge in [0.2, 0.25) is 10.0 Å². The third-order valence-electron chi connectivity index (χ3n) is 4.87. The summed E-state index contributed by atoms with van der Waals surface area (Å²) in [5, 5.41) is 11.5. The normalized spacial score (nSPS) is 21.4. The summed E-state index contributed by atoms with van der Waals surface area (Å²) >= 11 is 0. The van der Waals surface area contributed by atoms with Crippen LogP contribution in [0.25, 0.3) is 10.9 Å². The van der Waals surface area contributed by atoms with Gasteiger partial charge < -0.3 is 10.0 Å². The second kappa shape index (κ2) is 6.55. The van der Waals surface area contributed by atoms with E-state index in [0.29, 0.717) is 13.1 Å². The first-order chi connectivity index (χ1) is 11.7.